The van der Waals surface area contributed by atoms with E-state index in [1.165, 1.54) is 0 Å². The summed E-state index contributed by atoms with van der Waals surface area (Å²) in [6.07, 6.45) is 2.58. The smallest absolute Gasteiger partial charge is 0.180 e. The lowest BCUT2D eigenvalue weighted by atomic mass is 10.2. The average molecular weight is 387 g/mol. The van der Waals surface area contributed by atoms with E-state index in [0.29, 0.717) is 32.3 Å². The molecule has 0 aliphatic heterocycles. The molecule has 0 unspecified atom stereocenters. The molecule has 0 saturated heterocycles. The molecule has 2 aromatic carbocycles. The fraction of sp³-hybridized carbons (Fsp3) is 0.278. The molecule has 6 heteroatoms. The van der Waals surface area contributed by atoms with Crippen LogP contribution in [-0.2, 0) is 0 Å². The van der Waals surface area contributed by atoms with Crippen LogP contribution in [0.3, 0.4) is 0 Å². The Balaban J connectivity index is 2.31. The van der Waals surface area contributed by atoms with Crippen molar-refractivity contribution in [2.45, 2.75) is 26.4 Å². The zero-order chi connectivity index (χ0) is 17.7. The van der Waals surface area contributed by atoms with Gasteiger partial charge in [-0.25, -0.2) is 0 Å². The minimum atomic E-state index is 0.0452. The van der Waals surface area contributed by atoms with Gasteiger partial charge in [-0.3, -0.25) is 4.99 Å². The number of ether oxygens (including phenoxy) is 2. The molecule has 0 fully saturated rings. The summed E-state index contributed by atoms with van der Waals surface area (Å²) in [4.78, 5) is 4.37. The van der Waals surface area contributed by atoms with Gasteiger partial charge in [-0.15, -0.1) is 0 Å². The first-order chi connectivity index (χ1) is 11.4. The Labute approximate surface area is 157 Å². The number of nitrogens with zero attached hydrogens (tertiary/aromatic N) is 1. The Kier molecular flexibility index (Phi) is 6.79. The lowest BCUT2D eigenvalue weighted by molar-refractivity contribution is 0.208. The topological polar surface area (TPSA) is 30.8 Å². The number of benzene rings is 2. The van der Waals surface area contributed by atoms with Gasteiger partial charge >= 0.3 is 0 Å². The molecule has 0 heterocycles. The predicted octanol–water partition coefficient (Wildman–Crippen LogP) is 6.58. The molecule has 0 spiro atoms. The Bertz CT molecular complexity index is 747. The van der Waals surface area contributed by atoms with E-state index in [2.05, 4.69) is 4.99 Å². The molecule has 0 N–H and O–H groups in total. The minimum Gasteiger partial charge on any atom is -0.493 e. The normalized spacial score (nSPS) is 12.4. The molecular formula is C18H18Cl3NO2. The summed E-state index contributed by atoms with van der Waals surface area (Å²) < 4.78 is 11.2. The summed E-state index contributed by atoms with van der Waals surface area (Å²) in [6.45, 7) is 4.02. The SMILES string of the molecule is CC[C@@H](C)Oc1c(Cl)cc(C=Nc2ccc(Cl)cc2Cl)cc1OC. The van der Waals surface area contributed by atoms with Crippen molar-refractivity contribution in [3.05, 3.63) is 51.0 Å². The largest absolute Gasteiger partial charge is 0.493 e. The standard InChI is InChI=1S/C18H18Cl3NO2/c1-4-11(2)24-18-15(21)7-12(8-17(18)23-3)10-22-16-6-5-13(19)9-14(16)20/h5-11H,4H2,1-3H3/t11-/m1/s1. The second kappa shape index (κ2) is 8.61. The second-order valence-electron chi connectivity index (χ2n) is 5.22. The van der Waals surface area contributed by atoms with Crippen LogP contribution in [0, 0.1) is 0 Å². The van der Waals surface area contributed by atoms with E-state index in [-0.39, 0.29) is 6.10 Å². The zero-order valence-corrected chi connectivity index (χ0v) is 15.9. The van der Waals surface area contributed by atoms with Crippen LogP contribution >= 0.6 is 34.8 Å². The maximum absolute atomic E-state index is 6.34. The Morgan fingerprint density at radius 2 is 1.88 bits per heavy atom. The van der Waals surface area contributed by atoms with Crippen LogP contribution in [-0.4, -0.2) is 19.4 Å². The van der Waals surface area contributed by atoms with Crippen LogP contribution < -0.4 is 9.47 Å². The second-order valence-corrected chi connectivity index (χ2v) is 6.48. The summed E-state index contributed by atoms with van der Waals surface area (Å²) in [6, 6.07) is 8.72. The van der Waals surface area contributed by atoms with E-state index in [0.717, 1.165) is 12.0 Å². The van der Waals surface area contributed by atoms with Crippen molar-refractivity contribution in [3.8, 4) is 11.5 Å². The molecule has 24 heavy (non-hydrogen) atoms. The molecule has 2 rings (SSSR count). The van der Waals surface area contributed by atoms with Gasteiger partial charge in [0.25, 0.3) is 0 Å². The van der Waals surface area contributed by atoms with Gasteiger partial charge in [-0.2, -0.15) is 0 Å². The minimum absolute atomic E-state index is 0.0452. The van der Waals surface area contributed by atoms with Crippen molar-refractivity contribution in [2.75, 3.05) is 7.11 Å². The predicted molar refractivity (Wildman–Crippen MR) is 102 cm³/mol. The van der Waals surface area contributed by atoms with Gasteiger partial charge in [0.05, 0.1) is 28.9 Å². The Morgan fingerprint density at radius 3 is 2.50 bits per heavy atom. The number of rotatable bonds is 6. The summed E-state index contributed by atoms with van der Waals surface area (Å²) in [7, 11) is 1.58. The fourth-order valence-corrected chi connectivity index (χ4v) is 2.66. The van der Waals surface area contributed by atoms with E-state index in [4.69, 9.17) is 44.3 Å². The van der Waals surface area contributed by atoms with Crippen LogP contribution in [0.5, 0.6) is 11.5 Å². The number of aliphatic imine (C=N–C) groups is 1. The Hall–Kier alpha value is -1.42. The quantitative estimate of drug-likeness (QED) is 0.525. The first kappa shape index (κ1) is 18.9. The van der Waals surface area contributed by atoms with Crippen molar-refractivity contribution in [1.29, 1.82) is 0 Å². The molecule has 0 aliphatic rings. The molecule has 0 radical (unpaired) electrons. The molecular weight excluding hydrogens is 369 g/mol. The van der Waals surface area contributed by atoms with Crippen LogP contribution in [0.4, 0.5) is 5.69 Å². The van der Waals surface area contributed by atoms with Crippen molar-refractivity contribution >= 4 is 46.7 Å². The first-order valence-electron chi connectivity index (χ1n) is 7.48. The molecule has 0 aliphatic carbocycles. The van der Waals surface area contributed by atoms with Crippen LogP contribution in [0.25, 0.3) is 0 Å². The molecule has 1 atom stereocenters. The summed E-state index contributed by atoms with van der Waals surface area (Å²) in [5.74, 6) is 1.10. The summed E-state index contributed by atoms with van der Waals surface area (Å²) >= 11 is 18.3. The van der Waals surface area contributed by atoms with Gasteiger partial charge in [0.15, 0.2) is 11.5 Å². The maximum atomic E-state index is 6.34. The van der Waals surface area contributed by atoms with Crippen LogP contribution in [0.2, 0.25) is 15.1 Å². The lowest BCUT2D eigenvalue weighted by Crippen LogP contribution is -2.11. The molecule has 128 valence electrons. The van der Waals surface area contributed by atoms with Gasteiger partial charge < -0.3 is 9.47 Å². The number of methoxy groups -OCH3 is 1. The number of hydrogen-bond acceptors (Lipinski definition) is 3. The Morgan fingerprint density at radius 1 is 1.12 bits per heavy atom. The van der Waals surface area contributed by atoms with Crippen molar-refractivity contribution in [2.24, 2.45) is 4.99 Å². The lowest BCUT2D eigenvalue weighted by Gasteiger charge is -2.17. The van der Waals surface area contributed by atoms with E-state index in [9.17, 15) is 0 Å². The van der Waals surface area contributed by atoms with Crippen molar-refractivity contribution in [1.82, 2.24) is 0 Å². The van der Waals surface area contributed by atoms with Crippen molar-refractivity contribution < 1.29 is 9.47 Å². The maximum Gasteiger partial charge on any atom is 0.180 e. The third kappa shape index (κ3) is 4.79. The highest BCUT2D eigenvalue weighted by atomic mass is 35.5. The fourth-order valence-electron chi connectivity index (χ4n) is 1.94. The number of halogens is 3. The third-order valence-electron chi connectivity index (χ3n) is 3.41. The molecule has 0 amide bonds. The van der Waals surface area contributed by atoms with Gasteiger partial charge in [-0.1, -0.05) is 41.7 Å². The highest BCUT2D eigenvalue weighted by molar-refractivity contribution is 6.36. The van der Waals surface area contributed by atoms with E-state index in [1.807, 2.05) is 19.9 Å². The van der Waals surface area contributed by atoms with Gasteiger partial charge in [0.2, 0.25) is 0 Å². The molecule has 3 nitrogen and oxygen atoms in total. The molecule has 2 aromatic rings. The average Bonchev–Trinajstić information content (AvgIpc) is 2.55. The van der Waals surface area contributed by atoms with E-state index < -0.39 is 0 Å². The van der Waals surface area contributed by atoms with Gasteiger partial charge in [0.1, 0.15) is 0 Å². The van der Waals surface area contributed by atoms with Crippen molar-refractivity contribution in [3.63, 3.8) is 0 Å². The monoisotopic (exact) mass is 385 g/mol. The highest BCUT2D eigenvalue weighted by Crippen LogP contribution is 2.37. The zero-order valence-electron chi connectivity index (χ0n) is 13.6. The first-order valence-corrected chi connectivity index (χ1v) is 8.61. The summed E-state index contributed by atoms with van der Waals surface area (Å²) in [5.41, 5.74) is 1.40. The number of hydrogen-bond donors (Lipinski definition) is 0. The molecule has 0 aromatic heterocycles. The molecule has 0 bridgehead atoms. The van der Waals surface area contributed by atoms with Crippen LogP contribution in [0.1, 0.15) is 25.8 Å². The third-order valence-corrected chi connectivity index (χ3v) is 4.23. The van der Waals surface area contributed by atoms with E-state index in [1.54, 1.807) is 37.6 Å². The molecule has 0 saturated carbocycles. The highest BCUT2D eigenvalue weighted by Gasteiger charge is 2.14. The van der Waals surface area contributed by atoms with Gasteiger partial charge in [0, 0.05) is 11.2 Å². The summed E-state index contributed by atoms with van der Waals surface area (Å²) in [5, 5.41) is 1.52. The van der Waals surface area contributed by atoms with Crippen LogP contribution in [0.15, 0.2) is 35.3 Å². The van der Waals surface area contributed by atoms with Gasteiger partial charge in [-0.05, 0) is 49.2 Å². The van der Waals surface area contributed by atoms with E-state index >= 15 is 0 Å².